The number of nitrogens with one attached hydrogen (secondary N) is 1. The highest BCUT2D eigenvalue weighted by Crippen LogP contribution is 2.22. The molecule has 0 heterocycles. The summed E-state index contributed by atoms with van der Waals surface area (Å²) in [5.41, 5.74) is 0.593. The normalized spacial score (nSPS) is 11.6. The van der Waals surface area contributed by atoms with Gasteiger partial charge in [-0.3, -0.25) is 0 Å². The summed E-state index contributed by atoms with van der Waals surface area (Å²) in [6, 6.07) is 4.22. The topological polar surface area (TPSA) is 12.0 Å². The first-order valence-electron chi connectivity index (χ1n) is 4.64. The number of alkyl halides is 3. The molecule has 1 aromatic rings. The Morgan fingerprint density at radius 1 is 1.25 bits per heavy atom. The highest BCUT2D eigenvalue weighted by Gasteiger charge is 2.25. The van der Waals surface area contributed by atoms with Gasteiger partial charge in [-0.15, -0.1) is 0 Å². The van der Waals surface area contributed by atoms with Gasteiger partial charge < -0.3 is 5.32 Å². The minimum Gasteiger partial charge on any atom is -0.385 e. The van der Waals surface area contributed by atoms with Crippen molar-refractivity contribution in [2.45, 2.75) is 19.0 Å². The quantitative estimate of drug-likeness (QED) is 0.644. The van der Waals surface area contributed by atoms with Gasteiger partial charge in [0.1, 0.15) is 5.82 Å². The Bertz CT molecular complexity index is 351. The van der Waals surface area contributed by atoms with E-state index in [1.54, 1.807) is 0 Å². The van der Waals surface area contributed by atoms with E-state index >= 15 is 0 Å². The fourth-order valence-electron chi connectivity index (χ4n) is 1.13. The predicted octanol–water partition coefficient (Wildman–Crippen LogP) is 4.34. The van der Waals surface area contributed by atoms with Gasteiger partial charge in [0.2, 0.25) is 0 Å². The molecule has 0 aromatic heterocycles. The third-order valence-corrected chi connectivity index (χ3v) is 2.49. The Hall–Kier alpha value is -0.780. The molecule has 6 heteroatoms. The number of benzene rings is 1. The second-order valence-corrected chi connectivity index (χ2v) is 4.13. The van der Waals surface area contributed by atoms with E-state index in [0.717, 1.165) is 0 Å². The van der Waals surface area contributed by atoms with Gasteiger partial charge in [-0.2, -0.15) is 13.2 Å². The lowest BCUT2D eigenvalue weighted by Crippen LogP contribution is -2.10. The van der Waals surface area contributed by atoms with Crippen molar-refractivity contribution in [3.05, 3.63) is 28.5 Å². The van der Waals surface area contributed by atoms with Crippen LogP contribution >= 0.6 is 15.9 Å². The zero-order chi connectivity index (χ0) is 12.2. The highest BCUT2D eigenvalue weighted by molar-refractivity contribution is 9.10. The van der Waals surface area contributed by atoms with Crippen molar-refractivity contribution < 1.29 is 17.6 Å². The zero-order valence-electron chi connectivity index (χ0n) is 8.24. The molecule has 0 bridgehead atoms. The lowest BCUT2D eigenvalue weighted by molar-refractivity contribution is -0.134. The van der Waals surface area contributed by atoms with Gasteiger partial charge in [-0.25, -0.2) is 4.39 Å². The van der Waals surface area contributed by atoms with Crippen LogP contribution in [-0.4, -0.2) is 12.7 Å². The monoisotopic (exact) mass is 299 g/mol. The average Bonchev–Trinajstić information content (AvgIpc) is 2.17. The van der Waals surface area contributed by atoms with Crippen molar-refractivity contribution in [1.29, 1.82) is 0 Å². The van der Waals surface area contributed by atoms with Crippen molar-refractivity contribution in [3.63, 3.8) is 0 Å². The van der Waals surface area contributed by atoms with Gasteiger partial charge in [0.25, 0.3) is 0 Å². The summed E-state index contributed by atoms with van der Waals surface area (Å²) < 4.78 is 48.5. The highest BCUT2D eigenvalue weighted by atomic mass is 79.9. The van der Waals surface area contributed by atoms with Gasteiger partial charge in [-0.05, 0) is 40.5 Å². The van der Waals surface area contributed by atoms with Crippen LogP contribution in [0, 0.1) is 5.82 Å². The first-order valence-corrected chi connectivity index (χ1v) is 5.43. The molecule has 0 aliphatic heterocycles. The summed E-state index contributed by atoms with van der Waals surface area (Å²) in [6.45, 7) is 0.206. The number of halogens is 5. The van der Waals surface area contributed by atoms with E-state index in [4.69, 9.17) is 0 Å². The van der Waals surface area contributed by atoms with Crippen LogP contribution in [0.15, 0.2) is 22.7 Å². The molecule has 0 amide bonds. The summed E-state index contributed by atoms with van der Waals surface area (Å²) in [6.07, 6.45) is -4.94. The fraction of sp³-hybridized carbons (Fsp3) is 0.400. The molecule has 1 N–H and O–H groups in total. The number of hydrogen-bond donors (Lipinski definition) is 1. The van der Waals surface area contributed by atoms with Crippen LogP contribution in [0.4, 0.5) is 23.2 Å². The number of hydrogen-bond acceptors (Lipinski definition) is 1. The maximum absolute atomic E-state index is 12.8. The maximum Gasteiger partial charge on any atom is 0.389 e. The predicted molar refractivity (Wildman–Crippen MR) is 57.9 cm³/mol. The smallest absolute Gasteiger partial charge is 0.385 e. The third kappa shape index (κ3) is 4.83. The molecule has 0 aliphatic carbocycles. The van der Waals surface area contributed by atoms with Crippen LogP contribution in [0.25, 0.3) is 0 Å². The minimum absolute atomic E-state index is 0.00149. The Morgan fingerprint density at radius 2 is 1.94 bits per heavy atom. The van der Waals surface area contributed by atoms with Crippen LogP contribution in [-0.2, 0) is 0 Å². The molecular formula is C10H10BrF4N. The second-order valence-electron chi connectivity index (χ2n) is 3.27. The van der Waals surface area contributed by atoms with Crippen LogP contribution in [0.2, 0.25) is 0 Å². The van der Waals surface area contributed by atoms with Gasteiger partial charge in [0, 0.05) is 18.7 Å². The third-order valence-electron chi connectivity index (χ3n) is 1.89. The van der Waals surface area contributed by atoms with Gasteiger partial charge in [-0.1, -0.05) is 0 Å². The molecule has 0 saturated heterocycles. The SMILES string of the molecule is Fc1ccc(NCCCC(F)(F)F)cc1Br. The molecule has 1 rings (SSSR count). The summed E-state index contributed by atoms with van der Waals surface area (Å²) in [5.74, 6) is -0.402. The van der Waals surface area contributed by atoms with Crippen molar-refractivity contribution in [3.8, 4) is 0 Å². The first-order chi connectivity index (χ1) is 7.38. The molecule has 0 spiro atoms. The molecule has 16 heavy (non-hydrogen) atoms. The Kier molecular flexibility index (Phi) is 4.58. The number of rotatable bonds is 4. The molecule has 1 nitrogen and oxygen atoms in total. The lowest BCUT2D eigenvalue weighted by Gasteiger charge is -2.08. The molecular weight excluding hydrogens is 290 g/mol. The van der Waals surface area contributed by atoms with Crippen molar-refractivity contribution in [2.75, 3.05) is 11.9 Å². The van der Waals surface area contributed by atoms with Crippen molar-refractivity contribution in [1.82, 2.24) is 0 Å². The Labute approximate surface area is 99.0 Å². The van der Waals surface area contributed by atoms with Crippen LogP contribution in [0.5, 0.6) is 0 Å². The van der Waals surface area contributed by atoms with Gasteiger partial charge in [0.15, 0.2) is 0 Å². The Morgan fingerprint density at radius 3 is 2.50 bits per heavy atom. The van der Waals surface area contributed by atoms with Gasteiger partial charge >= 0.3 is 6.18 Å². The van der Waals surface area contributed by atoms with E-state index in [1.807, 2.05) is 0 Å². The van der Waals surface area contributed by atoms with Crippen LogP contribution < -0.4 is 5.32 Å². The molecule has 0 aliphatic rings. The summed E-state index contributed by atoms with van der Waals surface area (Å²) in [5, 5.41) is 2.79. The fourth-order valence-corrected chi connectivity index (χ4v) is 1.51. The van der Waals surface area contributed by atoms with E-state index in [0.29, 0.717) is 5.69 Å². The molecule has 0 atom stereocenters. The van der Waals surface area contributed by atoms with Crippen LogP contribution in [0.3, 0.4) is 0 Å². The molecule has 0 radical (unpaired) electrons. The van der Waals surface area contributed by atoms with E-state index in [9.17, 15) is 17.6 Å². The summed E-state index contributed by atoms with van der Waals surface area (Å²) in [4.78, 5) is 0. The molecule has 0 saturated carbocycles. The molecule has 0 fully saturated rings. The maximum atomic E-state index is 12.8. The molecule has 1 aromatic carbocycles. The Balaban J connectivity index is 2.35. The minimum atomic E-state index is -4.12. The van der Waals surface area contributed by atoms with E-state index < -0.39 is 18.4 Å². The molecule has 90 valence electrons. The molecule has 0 unspecified atom stereocenters. The first kappa shape index (κ1) is 13.3. The van der Waals surface area contributed by atoms with Crippen molar-refractivity contribution in [2.24, 2.45) is 0 Å². The zero-order valence-corrected chi connectivity index (χ0v) is 9.83. The summed E-state index contributed by atoms with van der Waals surface area (Å²) in [7, 11) is 0. The van der Waals surface area contributed by atoms with Crippen molar-refractivity contribution >= 4 is 21.6 Å². The van der Waals surface area contributed by atoms with E-state index in [1.165, 1.54) is 18.2 Å². The number of anilines is 1. The van der Waals surface area contributed by atoms with E-state index in [-0.39, 0.29) is 17.4 Å². The lowest BCUT2D eigenvalue weighted by atomic mass is 10.2. The average molecular weight is 300 g/mol. The standard InChI is InChI=1S/C10H10BrF4N/c11-8-6-7(2-3-9(8)12)16-5-1-4-10(13,14)15/h2-3,6,16H,1,4-5H2. The summed E-state index contributed by atoms with van der Waals surface area (Å²) >= 11 is 2.99. The van der Waals surface area contributed by atoms with Gasteiger partial charge in [0.05, 0.1) is 4.47 Å². The van der Waals surface area contributed by atoms with E-state index in [2.05, 4.69) is 21.2 Å². The van der Waals surface area contributed by atoms with Crippen LogP contribution in [0.1, 0.15) is 12.8 Å². The second kappa shape index (κ2) is 5.52. The largest absolute Gasteiger partial charge is 0.389 e.